The molecule has 0 unspecified atom stereocenters. The van der Waals surface area contributed by atoms with E-state index in [2.05, 4.69) is 10.0 Å². The van der Waals surface area contributed by atoms with Crippen molar-refractivity contribution in [3.63, 3.8) is 0 Å². The minimum Gasteiger partial charge on any atom is -0.326 e. The van der Waals surface area contributed by atoms with Crippen molar-refractivity contribution in [3.8, 4) is 0 Å². The van der Waals surface area contributed by atoms with Crippen LogP contribution >= 0.6 is 11.6 Å². The fraction of sp³-hybridized carbons (Fsp3) is 0.269. The zero-order valence-electron chi connectivity index (χ0n) is 20.2. The molecule has 0 radical (unpaired) electrons. The normalized spacial score (nSPS) is 15.3. The second-order valence-corrected chi connectivity index (χ2v) is 13.1. The molecule has 0 spiro atoms. The second kappa shape index (κ2) is 11.2. The number of nitrogens with one attached hydrogen (secondary N) is 2. The zero-order valence-corrected chi connectivity index (χ0v) is 22.6. The molecule has 2 N–H and O–H groups in total. The Hall–Kier alpha value is -2.92. The van der Waals surface area contributed by atoms with Crippen LogP contribution in [0.15, 0.2) is 77.7 Å². The van der Waals surface area contributed by atoms with Gasteiger partial charge in [-0.2, -0.15) is 0 Å². The molecule has 3 aromatic carbocycles. The summed E-state index contributed by atoms with van der Waals surface area (Å²) in [7, 11) is -7.29. The maximum absolute atomic E-state index is 12.8. The van der Waals surface area contributed by atoms with E-state index in [1.165, 1.54) is 34.6 Å². The number of carbonyl (C=O) groups is 1. The lowest BCUT2D eigenvalue weighted by Crippen LogP contribution is -2.41. The average molecular weight is 562 g/mol. The number of nitrogens with zero attached hydrogens (tertiary/aromatic N) is 1. The topological polar surface area (TPSA) is 113 Å². The standard InChI is InChI=1S/C26H28ClN3O5S2/c1-19-5-7-20(8-6-19)18-36(32,33)30-15-13-21(14-16-30)26(31)28-23-9-11-25(12-10-23)37(34,35)29-24-4-2-3-22(27)17-24/h2-12,17,21,29H,13-16,18H2,1H3,(H,28,31). The number of anilines is 2. The molecule has 1 fully saturated rings. The van der Waals surface area contributed by atoms with Crippen LogP contribution in [-0.2, 0) is 30.6 Å². The third-order valence-corrected chi connectivity index (χ3v) is 9.68. The molecule has 1 aliphatic heterocycles. The smallest absolute Gasteiger partial charge is 0.261 e. The predicted molar refractivity (Wildman–Crippen MR) is 145 cm³/mol. The van der Waals surface area contributed by atoms with Crippen LogP contribution in [0.3, 0.4) is 0 Å². The number of piperidine rings is 1. The quantitative estimate of drug-likeness (QED) is 0.416. The molecular formula is C26H28ClN3O5S2. The first-order valence-corrected chi connectivity index (χ1v) is 15.2. The maximum atomic E-state index is 12.8. The Morgan fingerprint density at radius 2 is 1.57 bits per heavy atom. The fourth-order valence-corrected chi connectivity index (χ4v) is 6.91. The van der Waals surface area contributed by atoms with Crippen LogP contribution in [0.2, 0.25) is 5.02 Å². The highest BCUT2D eigenvalue weighted by molar-refractivity contribution is 7.92. The van der Waals surface area contributed by atoms with Crippen LogP contribution in [0.4, 0.5) is 11.4 Å². The van der Waals surface area contributed by atoms with E-state index >= 15 is 0 Å². The largest absolute Gasteiger partial charge is 0.326 e. The highest BCUT2D eigenvalue weighted by atomic mass is 35.5. The summed E-state index contributed by atoms with van der Waals surface area (Å²) in [6, 6.07) is 19.6. The molecule has 8 nitrogen and oxygen atoms in total. The van der Waals surface area contributed by atoms with Crippen LogP contribution in [0.25, 0.3) is 0 Å². The average Bonchev–Trinajstić information content (AvgIpc) is 2.85. The summed E-state index contributed by atoms with van der Waals surface area (Å²) in [6.07, 6.45) is 0.823. The van der Waals surface area contributed by atoms with Crippen molar-refractivity contribution < 1.29 is 21.6 Å². The Kier molecular flexibility index (Phi) is 8.23. The number of halogens is 1. The Morgan fingerprint density at radius 1 is 0.919 bits per heavy atom. The number of carbonyl (C=O) groups excluding carboxylic acids is 1. The van der Waals surface area contributed by atoms with Crippen LogP contribution in [0.5, 0.6) is 0 Å². The Morgan fingerprint density at radius 3 is 2.19 bits per heavy atom. The van der Waals surface area contributed by atoms with Gasteiger partial charge in [-0.05, 0) is 67.8 Å². The zero-order chi connectivity index (χ0) is 26.6. The molecule has 0 bridgehead atoms. The SMILES string of the molecule is Cc1ccc(CS(=O)(=O)N2CCC(C(=O)Nc3ccc(S(=O)(=O)Nc4cccc(Cl)c4)cc3)CC2)cc1. The van der Waals surface area contributed by atoms with Crippen molar-refractivity contribution in [2.24, 2.45) is 5.92 Å². The van der Waals surface area contributed by atoms with Gasteiger partial charge in [-0.15, -0.1) is 0 Å². The number of benzene rings is 3. The summed E-state index contributed by atoms with van der Waals surface area (Å²) < 4.78 is 54.8. The number of amides is 1. The minimum atomic E-state index is -3.82. The second-order valence-electron chi connectivity index (χ2n) is 9.04. The number of hydrogen-bond acceptors (Lipinski definition) is 5. The molecule has 0 atom stereocenters. The van der Waals surface area contributed by atoms with E-state index in [1.807, 2.05) is 31.2 Å². The van der Waals surface area contributed by atoms with Crippen LogP contribution in [-0.4, -0.2) is 40.1 Å². The molecule has 0 saturated carbocycles. The lowest BCUT2D eigenvalue weighted by atomic mass is 9.97. The summed E-state index contributed by atoms with van der Waals surface area (Å²) in [5.41, 5.74) is 2.61. The molecule has 1 aliphatic rings. The van der Waals surface area contributed by atoms with Crippen LogP contribution in [0.1, 0.15) is 24.0 Å². The Labute approximate surface area is 222 Å². The van der Waals surface area contributed by atoms with E-state index in [1.54, 1.807) is 18.2 Å². The highest BCUT2D eigenvalue weighted by Gasteiger charge is 2.31. The van der Waals surface area contributed by atoms with Gasteiger partial charge in [0.1, 0.15) is 0 Å². The Bertz CT molecular complexity index is 1470. The molecule has 37 heavy (non-hydrogen) atoms. The van der Waals surface area contributed by atoms with Gasteiger partial charge in [0.15, 0.2) is 0 Å². The first kappa shape index (κ1) is 27.1. The van der Waals surface area contributed by atoms with Crippen molar-refractivity contribution in [1.29, 1.82) is 0 Å². The van der Waals surface area contributed by atoms with Crippen LogP contribution < -0.4 is 10.0 Å². The van der Waals surface area contributed by atoms with E-state index in [0.29, 0.717) is 29.2 Å². The van der Waals surface area contributed by atoms with E-state index in [9.17, 15) is 21.6 Å². The first-order chi connectivity index (χ1) is 17.5. The van der Waals surface area contributed by atoms with E-state index in [0.717, 1.165) is 11.1 Å². The summed E-state index contributed by atoms with van der Waals surface area (Å²) in [4.78, 5) is 12.8. The van der Waals surface area contributed by atoms with Crippen molar-refractivity contribution in [1.82, 2.24) is 4.31 Å². The van der Waals surface area contributed by atoms with E-state index in [-0.39, 0.29) is 35.6 Å². The third-order valence-electron chi connectivity index (χ3n) is 6.20. The molecule has 1 heterocycles. The Balaban J connectivity index is 1.31. The van der Waals surface area contributed by atoms with Gasteiger partial charge in [0.25, 0.3) is 10.0 Å². The van der Waals surface area contributed by atoms with E-state index < -0.39 is 20.0 Å². The molecule has 0 aliphatic carbocycles. The van der Waals surface area contributed by atoms with Gasteiger partial charge in [0, 0.05) is 29.7 Å². The molecule has 196 valence electrons. The lowest BCUT2D eigenvalue weighted by Gasteiger charge is -2.30. The number of hydrogen-bond donors (Lipinski definition) is 2. The van der Waals surface area contributed by atoms with Gasteiger partial charge < -0.3 is 5.32 Å². The van der Waals surface area contributed by atoms with Gasteiger partial charge in [0.05, 0.1) is 16.3 Å². The molecular weight excluding hydrogens is 534 g/mol. The third kappa shape index (κ3) is 7.10. The van der Waals surface area contributed by atoms with Crippen molar-refractivity contribution in [2.45, 2.75) is 30.4 Å². The number of aryl methyl sites for hydroxylation is 1. The highest BCUT2D eigenvalue weighted by Crippen LogP contribution is 2.25. The first-order valence-electron chi connectivity index (χ1n) is 11.7. The summed E-state index contributed by atoms with van der Waals surface area (Å²) in [5, 5.41) is 3.22. The molecule has 4 rings (SSSR count). The molecule has 0 aromatic heterocycles. The lowest BCUT2D eigenvalue weighted by molar-refractivity contribution is -0.120. The molecule has 1 amide bonds. The summed E-state index contributed by atoms with van der Waals surface area (Å²) in [5.74, 6) is -0.618. The summed E-state index contributed by atoms with van der Waals surface area (Å²) in [6.45, 7) is 2.50. The monoisotopic (exact) mass is 561 g/mol. The molecule has 1 saturated heterocycles. The van der Waals surface area contributed by atoms with Crippen LogP contribution in [0, 0.1) is 12.8 Å². The molecule has 11 heteroatoms. The van der Waals surface area contributed by atoms with Gasteiger partial charge in [-0.3, -0.25) is 9.52 Å². The van der Waals surface area contributed by atoms with Crippen molar-refractivity contribution in [2.75, 3.05) is 23.1 Å². The number of rotatable bonds is 8. The van der Waals surface area contributed by atoms with Gasteiger partial charge in [0.2, 0.25) is 15.9 Å². The fourth-order valence-electron chi connectivity index (χ4n) is 4.11. The van der Waals surface area contributed by atoms with E-state index in [4.69, 9.17) is 11.6 Å². The number of sulfonamides is 2. The van der Waals surface area contributed by atoms with Gasteiger partial charge >= 0.3 is 0 Å². The van der Waals surface area contributed by atoms with Gasteiger partial charge in [-0.25, -0.2) is 21.1 Å². The van der Waals surface area contributed by atoms with Gasteiger partial charge in [-0.1, -0.05) is 47.5 Å². The van der Waals surface area contributed by atoms with Crippen molar-refractivity contribution >= 4 is 48.9 Å². The minimum absolute atomic E-state index is 0.0394. The predicted octanol–water partition coefficient (Wildman–Crippen LogP) is 4.63. The molecule has 3 aromatic rings. The summed E-state index contributed by atoms with van der Waals surface area (Å²) >= 11 is 5.91. The maximum Gasteiger partial charge on any atom is 0.261 e. The van der Waals surface area contributed by atoms with Crippen molar-refractivity contribution in [3.05, 3.63) is 88.9 Å².